The lowest BCUT2D eigenvalue weighted by atomic mass is 10.1. The van der Waals surface area contributed by atoms with Crippen molar-refractivity contribution in [2.75, 3.05) is 52.5 Å². The number of β-amino-alcohol motifs (C(OH)–C–C–N with tert-alkyl or cyclic N) is 1. The average molecular weight is 426 g/mol. The number of rotatable bonds is 6. The van der Waals surface area contributed by atoms with Crippen molar-refractivity contribution in [3.05, 3.63) is 35.4 Å². The van der Waals surface area contributed by atoms with E-state index in [-0.39, 0.29) is 13.1 Å². The standard InChI is InChI=1S/C21H29F3N4O2/c1-3-25-19(27-15-20(2,29)16-28-11-13-30-14-12-28)26-10-4-5-17-6-8-18(9-7-17)21(22,23)24/h6-9,29H,3,10-16H2,1-2H3,(H2,25,26,27). The van der Waals surface area contributed by atoms with Crippen molar-refractivity contribution >= 4 is 5.96 Å². The number of alkyl halides is 3. The molecule has 1 unspecified atom stereocenters. The summed E-state index contributed by atoms with van der Waals surface area (Å²) < 4.78 is 43.1. The fourth-order valence-corrected chi connectivity index (χ4v) is 2.90. The molecule has 1 saturated heterocycles. The van der Waals surface area contributed by atoms with Crippen LogP contribution in [-0.2, 0) is 10.9 Å². The molecule has 0 saturated carbocycles. The predicted octanol–water partition coefficient (Wildman–Crippen LogP) is 1.70. The highest BCUT2D eigenvalue weighted by atomic mass is 19.4. The maximum atomic E-state index is 12.6. The maximum absolute atomic E-state index is 12.6. The second kappa shape index (κ2) is 11.2. The number of halogens is 3. The zero-order chi connectivity index (χ0) is 22.0. The molecule has 1 aromatic carbocycles. The van der Waals surface area contributed by atoms with Gasteiger partial charge in [0.1, 0.15) is 0 Å². The minimum Gasteiger partial charge on any atom is -0.387 e. The molecule has 1 atom stereocenters. The van der Waals surface area contributed by atoms with Gasteiger partial charge in [0.25, 0.3) is 0 Å². The smallest absolute Gasteiger partial charge is 0.387 e. The van der Waals surface area contributed by atoms with E-state index in [1.54, 1.807) is 6.92 Å². The van der Waals surface area contributed by atoms with Gasteiger partial charge in [-0.1, -0.05) is 11.8 Å². The molecule has 1 heterocycles. The van der Waals surface area contributed by atoms with Gasteiger partial charge in [0.15, 0.2) is 5.96 Å². The summed E-state index contributed by atoms with van der Waals surface area (Å²) in [6, 6.07) is 4.72. The minimum absolute atomic E-state index is 0.214. The van der Waals surface area contributed by atoms with Crippen LogP contribution in [0.4, 0.5) is 13.2 Å². The first-order valence-electron chi connectivity index (χ1n) is 9.90. The van der Waals surface area contributed by atoms with Gasteiger partial charge in [-0.25, -0.2) is 0 Å². The van der Waals surface area contributed by atoms with Crippen LogP contribution in [0.25, 0.3) is 0 Å². The lowest BCUT2D eigenvalue weighted by Crippen LogP contribution is -2.48. The molecule has 1 aliphatic rings. The first-order valence-corrected chi connectivity index (χ1v) is 9.90. The molecule has 1 aliphatic heterocycles. The van der Waals surface area contributed by atoms with Crippen LogP contribution in [-0.4, -0.2) is 74.0 Å². The van der Waals surface area contributed by atoms with E-state index in [0.29, 0.717) is 37.8 Å². The first kappa shape index (κ1) is 24.0. The molecule has 30 heavy (non-hydrogen) atoms. The highest BCUT2D eigenvalue weighted by molar-refractivity contribution is 5.80. The number of morpholine rings is 1. The van der Waals surface area contributed by atoms with Crippen LogP contribution < -0.4 is 10.6 Å². The highest BCUT2D eigenvalue weighted by Gasteiger charge is 2.29. The molecule has 166 valence electrons. The molecular weight excluding hydrogens is 397 g/mol. The Hall–Kier alpha value is -2.28. The molecule has 3 N–H and O–H groups in total. The van der Waals surface area contributed by atoms with Crippen molar-refractivity contribution in [3.8, 4) is 11.8 Å². The van der Waals surface area contributed by atoms with E-state index in [9.17, 15) is 18.3 Å². The molecule has 0 aromatic heterocycles. The Bertz CT molecular complexity index is 746. The van der Waals surface area contributed by atoms with Crippen molar-refractivity contribution in [1.82, 2.24) is 15.5 Å². The van der Waals surface area contributed by atoms with Gasteiger partial charge < -0.3 is 20.5 Å². The Labute approximate surface area is 175 Å². The average Bonchev–Trinajstić information content (AvgIpc) is 2.69. The third-order valence-electron chi connectivity index (χ3n) is 4.38. The lowest BCUT2D eigenvalue weighted by Gasteiger charge is -2.33. The minimum atomic E-state index is -4.35. The number of ether oxygens (including phenoxy) is 1. The van der Waals surface area contributed by atoms with Crippen molar-refractivity contribution in [3.63, 3.8) is 0 Å². The molecule has 0 spiro atoms. The zero-order valence-electron chi connectivity index (χ0n) is 17.4. The third-order valence-corrected chi connectivity index (χ3v) is 4.38. The van der Waals surface area contributed by atoms with E-state index >= 15 is 0 Å². The molecule has 0 amide bonds. The number of nitrogens with zero attached hydrogens (tertiary/aromatic N) is 2. The van der Waals surface area contributed by atoms with Gasteiger partial charge in [-0.05, 0) is 38.1 Å². The number of guanidine groups is 1. The highest BCUT2D eigenvalue weighted by Crippen LogP contribution is 2.28. The second-order valence-electron chi connectivity index (χ2n) is 7.31. The Morgan fingerprint density at radius 1 is 1.20 bits per heavy atom. The predicted molar refractivity (Wildman–Crippen MR) is 110 cm³/mol. The Morgan fingerprint density at radius 3 is 2.47 bits per heavy atom. The molecular formula is C21H29F3N4O2. The van der Waals surface area contributed by atoms with Crippen molar-refractivity contribution in [2.24, 2.45) is 4.99 Å². The van der Waals surface area contributed by atoms with Gasteiger partial charge in [-0.2, -0.15) is 13.2 Å². The summed E-state index contributed by atoms with van der Waals surface area (Å²) in [5.74, 6) is 6.20. The summed E-state index contributed by atoms with van der Waals surface area (Å²) in [7, 11) is 0. The Kier molecular flexibility index (Phi) is 8.96. The molecule has 0 radical (unpaired) electrons. The normalized spacial score (nSPS) is 17.6. The Morgan fingerprint density at radius 2 is 1.87 bits per heavy atom. The quantitative estimate of drug-likeness (QED) is 0.367. The third kappa shape index (κ3) is 8.61. The van der Waals surface area contributed by atoms with E-state index in [2.05, 4.69) is 32.4 Å². The van der Waals surface area contributed by atoms with Gasteiger partial charge in [0.05, 0.1) is 37.5 Å². The summed E-state index contributed by atoms with van der Waals surface area (Å²) >= 11 is 0. The molecule has 0 aliphatic carbocycles. The van der Waals surface area contributed by atoms with Crippen LogP contribution in [0.3, 0.4) is 0 Å². The number of nitrogens with one attached hydrogen (secondary N) is 2. The summed E-state index contributed by atoms with van der Waals surface area (Å²) in [4.78, 5) is 6.58. The summed E-state index contributed by atoms with van der Waals surface area (Å²) in [6.45, 7) is 8.22. The first-order chi connectivity index (χ1) is 14.2. The fraction of sp³-hybridized carbons (Fsp3) is 0.571. The monoisotopic (exact) mass is 426 g/mol. The van der Waals surface area contributed by atoms with E-state index < -0.39 is 17.3 Å². The molecule has 9 heteroatoms. The van der Waals surface area contributed by atoms with E-state index in [1.165, 1.54) is 12.1 Å². The molecule has 2 rings (SSSR count). The topological polar surface area (TPSA) is 69.1 Å². The molecule has 1 fully saturated rings. The van der Waals surface area contributed by atoms with Gasteiger partial charge in [-0.3, -0.25) is 9.89 Å². The largest absolute Gasteiger partial charge is 0.416 e. The Balaban J connectivity index is 1.87. The van der Waals surface area contributed by atoms with Gasteiger partial charge in [0.2, 0.25) is 0 Å². The van der Waals surface area contributed by atoms with E-state index in [1.807, 2.05) is 6.92 Å². The van der Waals surface area contributed by atoms with Gasteiger partial charge in [0, 0.05) is 31.7 Å². The number of aliphatic hydroxyl groups is 1. The number of aliphatic imine (C=N–C) groups is 1. The van der Waals surface area contributed by atoms with Crippen LogP contribution in [0, 0.1) is 11.8 Å². The van der Waals surface area contributed by atoms with Crippen LogP contribution in [0.5, 0.6) is 0 Å². The van der Waals surface area contributed by atoms with Crippen molar-refractivity contribution in [1.29, 1.82) is 0 Å². The summed E-state index contributed by atoms with van der Waals surface area (Å²) in [5.41, 5.74) is -1.18. The van der Waals surface area contributed by atoms with Crippen molar-refractivity contribution in [2.45, 2.75) is 25.6 Å². The maximum Gasteiger partial charge on any atom is 0.416 e. The number of hydrogen-bond acceptors (Lipinski definition) is 4. The molecule has 6 nitrogen and oxygen atoms in total. The van der Waals surface area contributed by atoms with Crippen molar-refractivity contribution < 1.29 is 23.0 Å². The van der Waals surface area contributed by atoms with E-state index in [0.717, 1.165) is 25.2 Å². The molecule has 1 aromatic rings. The SMILES string of the molecule is CCNC(=NCC(C)(O)CN1CCOCC1)NCC#Cc1ccc(C(F)(F)F)cc1. The van der Waals surface area contributed by atoms with Crippen LogP contribution in [0.15, 0.2) is 29.3 Å². The van der Waals surface area contributed by atoms with Gasteiger partial charge >= 0.3 is 6.18 Å². The number of hydrogen-bond donors (Lipinski definition) is 3. The fourth-order valence-electron chi connectivity index (χ4n) is 2.90. The molecule has 0 bridgehead atoms. The zero-order valence-corrected chi connectivity index (χ0v) is 17.4. The van der Waals surface area contributed by atoms with Crippen LogP contribution in [0.1, 0.15) is 25.0 Å². The second-order valence-corrected chi connectivity index (χ2v) is 7.31. The van der Waals surface area contributed by atoms with Crippen LogP contribution >= 0.6 is 0 Å². The summed E-state index contributed by atoms with van der Waals surface area (Å²) in [6.07, 6.45) is -4.35. The summed E-state index contributed by atoms with van der Waals surface area (Å²) in [5, 5.41) is 16.8. The van der Waals surface area contributed by atoms with Gasteiger partial charge in [-0.15, -0.1) is 0 Å². The van der Waals surface area contributed by atoms with E-state index in [4.69, 9.17) is 4.74 Å². The number of benzene rings is 1. The lowest BCUT2D eigenvalue weighted by molar-refractivity contribution is -0.137. The van der Waals surface area contributed by atoms with Crippen LogP contribution in [0.2, 0.25) is 0 Å².